The Morgan fingerprint density at radius 3 is 2.79 bits per heavy atom. The van der Waals surface area contributed by atoms with E-state index in [1.165, 1.54) is 11.9 Å². The summed E-state index contributed by atoms with van der Waals surface area (Å²) < 4.78 is 0. The summed E-state index contributed by atoms with van der Waals surface area (Å²) >= 11 is 0. The topological polar surface area (TPSA) is 61.4 Å². The zero-order chi connectivity index (χ0) is 16.5. The van der Waals surface area contributed by atoms with E-state index in [4.69, 9.17) is 0 Å². The average Bonchev–Trinajstić information content (AvgIpc) is 2.94. The third kappa shape index (κ3) is 2.40. The minimum absolute atomic E-state index is 0.151. The van der Waals surface area contributed by atoms with Gasteiger partial charge in [-0.25, -0.2) is 9.98 Å². The fraction of sp³-hybridized carbons (Fsp3) is 0.105. The lowest BCUT2D eigenvalue weighted by Gasteiger charge is -2.25. The Bertz CT molecular complexity index is 1060. The van der Waals surface area contributed by atoms with E-state index in [1.807, 2.05) is 49.6 Å². The summed E-state index contributed by atoms with van der Waals surface area (Å²) in [6.07, 6.45) is 9.41. The van der Waals surface area contributed by atoms with E-state index < -0.39 is 0 Å². The summed E-state index contributed by atoms with van der Waals surface area (Å²) in [7, 11) is 0. The number of aromatic nitrogens is 2. The van der Waals surface area contributed by atoms with Crippen LogP contribution in [0.2, 0.25) is 0 Å². The third-order valence-electron chi connectivity index (χ3n) is 4.16. The molecule has 4 rings (SSSR count). The molecule has 24 heavy (non-hydrogen) atoms. The first-order valence-corrected chi connectivity index (χ1v) is 7.77. The van der Waals surface area contributed by atoms with Gasteiger partial charge in [-0.1, -0.05) is 36.4 Å². The molecule has 1 aromatic carbocycles. The number of hydrogen-bond donors (Lipinski definition) is 1. The van der Waals surface area contributed by atoms with Gasteiger partial charge in [-0.2, -0.15) is 0 Å². The Balaban J connectivity index is 1.84. The van der Waals surface area contributed by atoms with Crippen molar-refractivity contribution in [2.24, 2.45) is 4.99 Å². The molecule has 0 fully saturated rings. The van der Waals surface area contributed by atoms with E-state index in [-0.39, 0.29) is 5.56 Å². The number of H-pyrrole nitrogens is 1. The van der Waals surface area contributed by atoms with Crippen LogP contribution in [0.5, 0.6) is 0 Å². The van der Waals surface area contributed by atoms with Gasteiger partial charge in [-0.05, 0) is 30.2 Å². The summed E-state index contributed by atoms with van der Waals surface area (Å²) in [6.45, 7) is 2.66. The predicted octanol–water partition coefficient (Wildman–Crippen LogP) is 1.37. The molecule has 0 spiro atoms. The van der Waals surface area contributed by atoms with Gasteiger partial charge in [0.05, 0.1) is 22.9 Å². The number of rotatable bonds is 2. The van der Waals surface area contributed by atoms with Gasteiger partial charge in [-0.15, -0.1) is 0 Å². The average molecular weight is 316 g/mol. The Labute approximate surface area is 138 Å². The van der Waals surface area contributed by atoms with E-state index in [0.29, 0.717) is 10.7 Å². The highest BCUT2D eigenvalue weighted by atomic mass is 16.1. The number of allylic oxidation sites excluding steroid dienone is 4. The summed E-state index contributed by atoms with van der Waals surface area (Å²) in [6, 6.07) is 10.3. The van der Waals surface area contributed by atoms with Crippen LogP contribution in [0.4, 0.5) is 0 Å². The summed E-state index contributed by atoms with van der Waals surface area (Å²) in [4.78, 5) is 25.6. The lowest BCUT2D eigenvalue weighted by Crippen LogP contribution is -2.41. The van der Waals surface area contributed by atoms with Gasteiger partial charge in [0.15, 0.2) is 5.49 Å². The molecule has 1 aromatic heterocycles. The molecule has 0 saturated heterocycles. The molecule has 2 aliphatic rings. The molecule has 5 nitrogen and oxygen atoms in total. The molecule has 3 heterocycles. The van der Waals surface area contributed by atoms with E-state index in [2.05, 4.69) is 32.0 Å². The monoisotopic (exact) mass is 316 g/mol. The SMILES string of the molecule is CC1=c2c(nc[nH]c2=O)=N/C1=C1\C=CC=CN1Cc1ccccc1. The molecule has 0 amide bonds. The van der Waals surface area contributed by atoms with Crippen molar-refractivity contribution < 1.29 is 0 Å². The molecule has 118 valence electrons. The maximum atomic E-state index is 12.1. The van der Waals surface area contributed by atoms with Gasteiger partial charge in [0, 0.05) is 12.7 Å². The molecule has 0 unspecified atom stereocenters. The number of nitrogens with zero attached hydrogens (tertiary/aromatic N) is 3. The van der Waals surface area contributed by atoms with Gasteiger partial charge >= 0.3 is 0 Å². The third-order valence-corrected chi connectivity index (χ3v) is 4.16. The van der Waals surface area contributed by atoms with Crippen molar-refractivity contribution in [2.45, 2.75) is 13.5 Å². The Morgan fingerprint density at radius 1 is 1.17 bits per heavy atom. The molecular weight excluding hydrogens is 300 g/mol. The zero-order valence-electron chi connectivity index (χ0n) is 13.2. The molecule has 2 aromatic rings. The van der Waals surface area contributed by atoms with Crippen LogP contribution in [-0.2, 0) is 6.54 Å². The first-order chi connectivity index (χ1) is 11.7. The second-order valence-electron chi connectivity index (χ2n) is 5.72. The highest BCUT2D eigenvalue weighted by Gasteiger charge is 2.19. The van der Waals surface area contributed by atoms with Crippen molar-refractivity contribution in [1.82, 2.24) is 14.9 Å². The smallest absolute Gasteiger partial charge is 0.260 e. The van der Waals surface area contributed by atoms with Crippen molar-refractivity contribution in [3.63, 3.8) is 0 Å². The Hall–Kier alpha value is -3.21. The first-order valence-electron chi connectivity index (χ1n) is 7.77. The first kappa shape index (κ1) is 14.4. The van der Waals surface area contributed by atoms with Crippen LogP contribution < -0.4 is 16.3 Å². The molecule has 0 bridgehead atoms. The second-order valence-corrected chi connectivity index (χ2v) is 5.72. The van der Waals surface area contributed by atoms with Crippen molar-refractivity contribution >= 4 is 5.57 Å². The largest absolute Gasteiger partial charge is 0.342 e. The van der Waals surface area contributed by atoms with Crippen LogP contribution in [0.1, 0.15) is 12.5 Å². The number of nitrogens with one attached hydrogen (secondary N) is 1. The van der Waals surface area contributed by atoms with E-state index >= 15 is 0 Å². The van der Waals surface area contributed by atoms with Crippen molar-refractivity contribution in [3.8, 4) is 0 Å². The van der Waals surface area contributed by atoms with Crippen LogP contribution in [-0.4, -0.2) is 14.9 Å². The zero-order valence-corrected chi connectivity index (χ0v) is 13.2. The maximum Gasteiger partial charge on any atom is 0.260 e. The lowest BCUT2D eigenvalue weighted by atomic mass is 10.1. The number of aromatic amines is 1. The van der Waals surface area contributed by atoms with Gasteiger partial charge in [-0.3, -0.25) is 4.79 Å². The molecule has 0 atom stereocenters. The van der Waals surface area contributed by atoms with Gasteiger partial charge in [0.2, 0.25) is 0 Å². The fourth-order valence-corrected chi connectivity index (χ4v) is 2.98. The number of fused-ring (bicyclic) bond motifs is 1. The van der Waals surface area contributed by atoms with Crippen LogP contribution in [0.3, 0.4) is 0 Å². The summed E-state index contributed by atoms with van der Waals surface area (Å²) in [5.41, 5.74) is 4.16. The fourth-order valence-electron chi connectivity index (χ4n) is 2.98. The normalized spacial score (nSPS) is 18.7. The van der Waals surface area contributed by atoms with E-state index in [9.17, 15) is 4.79 Å². The molecule has 0 saturated carbocycles. The van der Waals surface area contributed by atoms with Crippen LogP contribution in [0, 0.1) is 0 Å². The highest BCUT2D eigenvalue weighted by molar-refractivity contribution is 5.66. The maximum absolute atomic E-state index is 12.1. The van der Waals surface area contributed by atoms with Crippen LogP contribution in [0.15, 0.2) is 82.3 Å². The van der Waals surface area contributed by atoms with E-state index in [1.54, 1.807) is 0 Å². The lowest BCUT2D eigenvalue weighted by molar-refractivity contribution is 0.466. The molecule has 5 heteroatoms. The summed E-state index contributed by atoms with van der Waals surface area (Å²) in [5, 5.41) is 0.558. The highest BCUT2D eigenvalue weighted by Crippen LogP contribution is 2.25. The van der Waals surface area contributed by atoms with Crippen molar-refractivity contribution in [3.05, 3.63) is 99.1 Å². The van der Waals surface area contributed by atoms with Crippen molar-refractivity contribution in [1.29, 1.82) is 0 Å². The minimum Gasteiger partial charge on any atom is -0.342 e. The van der Waals surface area contributed by atoms with Gasteiger partial charge < -0.3 is 9.88 Å². The molecule has 1 N–H and O–H groups in total. The molecule has 2 aliphatic heterocycles. The van der Waals surface area contributed by atoms with Gasteiger partial charge in [0.1, 0.15) is 0 Å². The van der Waals surface area contributed by atoms with Crippen LogP contribution >= 0.6 is 0 Å². The quantitative estimate of drug-likeness (QED) is 0.910. The minimum atomic E-state index is -0.151. The Morgan fingerprint density at radius 2 is 2.00 bits per heavy atom. The number of benzene rings is 1. The standard InChI is InChI=1S/C19H16N4O/c1-13-16-18(20-12-21-19(16)24)22-17(13)15-9-5-6-10-23(15)11-14-7-3-2-4-8-14/h2-10,12H,11H2,1H3,(H,20,21,22,24)/b17-15+. The molecule has 0 aliphatic carbocycles. The Kier molecular flexibility index (Phi) is 3.46. The van der Waals surface area contributed by atoms with Crippen molar-refractivity contribution in [2.75, 3.05) is 0 Å². The molecular formula is C19H16N4O. The molecule has 0 radical (unpaired) electrons. The second kappa shape index (κ2) is 5.77. The predicted molar refractivity (Wildman–Crippen MR) is 92.0 cm³/mol. The van der Waals surface area contributed by atoms with E-state index in [0.717, 1.165) is 23.5 Å². The summed E-state index contributed by atoms with van der Waals surface area (Å²) in [5.74, 6) is 0. The number of hydrogen-bond acceptors (Lipinski definition) is 4. The van der Waals surface area contributed by atoms with Crippen LogP contribution in [0.25, 0.3) is 5.57 Å². The van der Waals surface area contributed by atoms with Gasteiger partial charge in [0.25, 0.3) is 5.56 Å².